The Labute approximate surface area is 181 Å². The molecule has 1 N–H and O–H groups in total. The van der Waals surface area contributed by atoms with E-state index in [0.717, 1.165) is 16.7 Å². The van der Waals surface area contributed by atoms with Gasteiger partial charge in [0.1, 0.15) is 17.2 Å². The third-order valence-electron chi connectivity index (χ3n) is 5.16. The van der Waals surface area contributed by atoms with Gasteiger partial charge in [0.25, 0.3) is 11.8 Å². The number of para-hydroxylation sites is 2. The summed E-state index contributed by atoms with van der Waals surface area (Å²) in [6, 6.07) is 16.7. The van der Waals surface area contributed by atoms with Crippen molar-refractivity contribution in [2.75, 3.05) is 11.9 Å². The summed E-state index contributed by atoms with van der Waals surface area (Å²) in [7, 11) is 0. The Kier molecular flexibility index (Phi) is 5.62. The molecule has 1 aromatic heterocycles. The van der Waals surface area contributed by atoms with Gasteiger partial charge in [-0.25, -0.2) is 0 Å². The first-order chi connectivity index (χ1) is 15.0. The normalized spacial score (nSPS) is 13.8. The second-order valence-corrected chi connectivity index (χ2v) is 7.40. The van der Waals surface area contributed by atoms with E-state index in [0.29, 0.717) is 29.4 Å². The van der Waals surface area contributed by atoms with Gasteiger partial charge in [-0.3, -0.25) is 14.5 Å². The highest BCUT2D eigenvalue weighted by Crippen LogP contribution is 2.35. The van der Waals surface area contributed by atoms with Crippen LogP contribution < -0.4 is 10.1 Å². The third kappa shape index (κ3) is 3.97. The molecule has 0 aliphatic carbocycles. The van der Waals surface area contributed by atoms with Crippen LogP contribution in [0, 0.1) is 13.8 Å². The summed E-state index contributed by atoms with van der Waals surface area (Å²) < 4.78 is 11.1. The Morgan fingerprint density at radius 3 is 2.52 bits per heavy atom. The zero-order valence-corrected chi connectivity index (χ0v) is 17.8. The Morgan fingerprint density at radius 2 is 1.81 bits per heavy atom. The first kappa shape index (κ1) is 20.5. The van der Waals surface area contributed by atoms with Gasteiger partial charge < -0.3 is 14.5 Å². The molecule has 0 fully saturated rings. The van der Waals surface area contributed by atoms with Crippen molar-refractivity contribution in [3.63, 3.8) is 0 Å². The van der Waals surface area contributed by atoms with Crippen molar-refractivity contribution in [1.82, 2.24) is 4.90 Å². The number of benzene rings is 2. The Morgan fingerprint density at radius 1 is 1.00 bits per heavy atom. The van der Waals surface area contributed by atoms with Gasteiger partial charge >= 0.3 is 0 Å². The minimum atomic E-state index is -0.400. The number of carbonyl (C=O) groups is 2. The number of aryl methyl sites for hydroxylation is 2. The van der Waals surface area contributed by atoms with E-state index in [1.165, 1.54) is 11.2 Å². The molecule has 6 heteroatoms. The zero-order chi connectivity index (χ0) is 22.0. The van der Waals surface area contributed by atoms with E-state index in [-0.39, 0.29) is 18.1 Å². The summed E-state index contributed by atoms with van der Waals surface area (Å²) in [6.45, 7) is 6.38. The van der Waals surface area contributed by atoms with Crippen LogP contribution in [0.1, 0.15) is 29.4 Å². The molecule has 0 unspecified atom stereocenters. The molecule has 0 saturated carbocycles. The number of nitrogens with zero attached hydrogens (tertiary/aromatic N) is 1. The van der Waals surface area contributed by atoms with Crippen molar-refractivity contribution in [2.24, 2.45) is 0 Å². The van der Waals surface area contributed by atoms with E-state index < -0.39 is 5.91 Å². The van der Waals surface area contributed by atoms with E-state index in [4.69, 9.17) is 9.15 Å². The smallest absolute Gasteiger partial charge is 0.278 e. The monoisotopic (exact) mass is 416 g/mol. The molecule has 1 aliphatic rings. The second kappa shape index (κ2) is 8.52. The molecule has 0 bridgehead atoms. The molecule has 2 heterocycles. The van der Waals surface area contributed by atoms with Crippen LogP contribution >= 0.6 is 0 Å². The zero-order valence-electron chi connectivity index (χ0n) is 17.8. The first-order valence-corrected chi connectivity index (χ1v) is 10.2. The molecule has 158 valence electrons. The summed E-state index contributed by atoms with van der Waals surface area (Å²) in [5.41, 5.74) is 3.94. The van der Waals surface area contributed by atoms with Crippen molar-refractivity contribution in [2.45, 2.75) is 27.3 Å². The number of ether oxygens (including phenoxy) is 1. The molecular weight excluding hydrogens is 392 g/mol. The number of hydrogen-bond acceptors (Lipinski definition) is 5. The van der Waals surface area contributed by atoms with Crippen LogP contribution in [0.25, 0.3) is 5.57 Å². The Bertz CT molecular complexity index is 1160. The number of carbonyl (C=O) groups excluding carboxylic acids is 2. The van der Waals surface area contributed by atoms with E-state index in [1.54, 1.807) is 12.1 Å². The highest BCUT2D eigenvalue weighted by atomic mass is 16.5. The van der Waals surface area contributed by atoms with E-state index >= 15 is 0 Å². The quantitative estimate of drug-likeness (QED) is 0.566. The fourth-order valence-electron chi connectivity index (χ4n) is 3.72. The van der Waals surface area contributed by atoms with Crippen molar-refractivity contribution in [1.29, 1.82) is 0 Å². The maximum Gasteiger partial charge on any atom is 0.278 e. The number of furan rings is 1. The second-order valence-electron chi connectivity index (χ2n) is 7.40. The number of nitrogens with one attached hydrogen (secondary N) is 1. The average molecular weight is 416 g/mol. The molecular formula is C25H24N2O4. The molecule has 6 nitrogen and oxygen atoms in total. The van der Waals surface area contributed by atoms with E-state index in [2.05, 4.69) is 5.32 Å². The number of rotatable bonds is 7. The summed E-state index contributed by atoms with van der Waals surface area (Å²) in [5.74, 6) is 0.396. The average Bonchev–Trinajstić information content (AvgIpc) is 3.33. The van der Waals surface area contributed by atoms with Crippen LogP contribution in [0.3, 0.4) is 0 Å². The van der Waals surface area contributed by atoms with Crippen molar-refractivity contribution < 1.29 is 18.7 Å². The van der Waals surface area contributed by atoms with Crippen LogP contribution in [-0.2, 0) is 16.1 Å². The van der Waals surface area contributed by atoms with Crippen LogP contribution in [0.2, 0.25) is 0 Å². The summed E-state index contributed by atoms with van der Waals surface area (Å²) in [5, 5.41) is 3.19. The van der Waals surface area contributed by atoms with Gasteiger partial charge in [-0.15, -0.1) is 0 Å². The van der Waals surface area contributed by atoms with Gasteiger partial charge in [-0.2, -0.15) is 0 Å². The van der Waals surface area contributed by atoms with Gasteiger partial charge in [-0.05, 0) is 56.2 Å². The van der Waals surface area contributed by atoms with Crippen LogP contribution in [0.5, 0.6) is 5.75 Å². The maximum atomic E-state index is 13.4. The van der Waals surface area contributed by atoms with Crippen molar-refractivity contribution >= 4 is 23.1 Å². The fourth-order valence-corrected chi connectivity index (χ4v) is 3.72. The standard InChI is InChI=1S/C25H24N2O4/c1-4-30-21-10-6-5-9-20(21)26-23-22(19-12-11-16(2)14-17(19)3)24(28)27(25(23)29)15-18-8-7-13-31-18/h5-14,26H,4,15H2,1-3H3. The van der Waals surface area contributed by atoms with Crippen LogP contribution in [0.4, 0.5) is 5.69 Å². The fraction of sp³-hybridized carbons (Fsp3) is 0.200. The SMILES string of the molecule is CCOc1ccccc1NC1=C(c2ccc(C)cc2C)C(=O)N(Cc2ccco2)C1=O. The molecule has 0 atom stereocenters. The van der Waals surface area contributed by atoms with Gasteiger partial charge in [0.15, 0.2) is 0 Å². The molecule has 3 aromatic rings. The van der Waals surface area contributed by atoms with Gasteiger partial charge in [0.2, 0.25) is 0 Å². The number of imide groups is 1. The lowest BCUT2D eigenvalue weighted by Gasteiger charge is -2.15. The van der Waals surface area contributed by atoms with Crippen molar-refractivity contribution in [3.8, 4) is 5.75 Å². The van der Waals surface area contributed by atoms with Crippen LogP contribution in [0.15, 0.2) is 71.0 Å². The van der Waals surface area contributed by atoms with Gasteiger partial charge in [0, 0.05) is 0 Å². The number of hydrogen-bond donors (Lipinski definition) is 1. The largest absolute Gasteiger partial charge is 0.492 e. The lowest BCUT2D eigenvalue weighted by atomic mass is 9.97. The lowest BCUT2D eigenvalue weighted by Crippen LogP contribution is -2.31. The molecule has 2 amide bonds. The maximum absolute atomic E-state index is 13.4. The first-order valence-electron chi connectivity index (χ1n) is 10.2. The predicted molar refractivity (Wildman–Crippen MR) is 118 cm³/mol. The summed E-state index contributed by atoms with van der Waals surface area (Å²) in [6.07, 6.45) is 1.52. The number of amides is 2. The van der Waals surface area contributed by atoms with E-state index in [1.807, 2.05) is 63.2 Å². The topological polar surface area (TPSA) is 71.8 Å². The molecule has 31 heavy (non-hydrogen) atoms. The van der Waals surface area contributed by atoms with Gasteiger partial charge in [-0.1, -0.05) is 35.9 Å². The van der Waals surface area contributed by atoms with Crippen molar-refractivity contribution in [3.05, 3.63) is 89.0 Å². The van der Waals surface area contributed by atoms with Gasteiger partial charge in [0.05, 0.1) is 30.7 Å². The highest BCUT2D eigenvalue weighted by molar-refractivity contribution is 6.36. The molecule has 0 radical (unpaired) electrons. The van der Waals surface area contributed by atoms with E-state index in [9.17, 15) is 9.59 Å². The van der Waals surface area contributed by atoms with Crippen LogP contribution in [-0.4, -0.2) is 23.3 Å². The molecule has 2 aromatic carbocycles. The minimum Gasteiger partial charge on any atom is -0.492 e. The Hall–Kier alpha value is -3.80. The third-order valence-corrected chi connectivity index (χ3v) is 5.16. The molecule has 0 spiro atoms. The molecule has 0 saturated heterocycles. The summed E-state index contributed by atoms with van der Waals surface area (Å²) >= 11 is 0. The Balaban J connectivity index is 1.80. The lowest BCUT2D eigenvalue weighted by molar-refractivity contribution is -0.137. The molecule has 1 aliphatic heterocycles. The predicted octanol–water partition coefficient (Wildman–Crippen LogP) is 4.69. The molecule has 4 rings (SSSR count). The minimum absolute atomic E-state index is 0.0668. The highest BCUT2D eigenvalue weighted by Gasteiger charge is 2.40. The summed E-state index contributed by atoms with van der Waals surface area (Å²) in [4.78, 5) is 28.0. The number of anilines is 1.